The number of nitrogens with one attached hydrogen (secondary N) is 1. The quantitative estimate of drug-likeness (QED) is 0.583. The van der Waals surface area contributed by atoms with Gasteiger partial charge in [-0.1, -0.05) is 0 Å². The van der Waals surface area contributed by atoms with Crippen molar-refractivity contribution in [3.05, 3.63) is 33.9 Å². The molecule has 82 valence electrons. The lowest BCUT2D eigenvalue weighted by atomic mass is 10.2. The van der Waals surface area contributed by atoms with Crippen molar-refractivity contribution in [2.75, 3.05) is 11.9 Å². The molecule has 5 heteroatoms. The minimum Gasteiger partial charge on any atom is -0.381 e. The van der Waals surface area contributed by atoms with Crippen LogP contribution in [-0.2, 0) is 0 Å². The predicted octanol–water partition coefficient (Wildman–Crippen LogP) is 1.66. The molecule has 0 heterocycles. The van der Waals surface area contributed by atoms with E-state index in [4.69, 9.17) is 5.73 Å². The molecule has 0 fully saturated rings. The van der Waals surface area contributed by atoms with Crippen molar-refractivity contribution in [3.8, 4) is 0 Å². The third-order valence-electron chi connectivity index (χ3n) is 2.04. The van der Waals surface area contributed by atoms with Gasteiger partial charge in [-0.25, -0.2) is 0 Å². The number of rotatable bonds is 4. The first-order chi connectivity index (χ1) is 7.02. The van der Waals surface area contributed by atoms with Crippen LogP contribution in [0.5, 0.6) is 0 Å². The van der Waals surface area contributed by atoms with E-state index in [1.165, 1.54) is 12.1 Å². The first-order valence-corrected chi connectivity index (χ1v) is 4.75. The molecule has 3 N–H and O–H groups in total. The molecule has 15 heavy (non-hydrogen) atoms. The van der Waals surface area contributed by atoms with Crippen LogP contribution in [0.4, 0.5) is 11.4 Å². The second kappa shape index (κ2) is 4.75. The Hall–Kier alpha value is -1.62. The number of benzene rings is 1. The smallest absolute Gasteiger partial charge is 0.271 e. The van der Waals surface area contributed by atoms with Gasteiger partial charge < -0.3 is 11.1 Å². The molecule has 1 unspecified atom stereocenters. The van der Waals surface area contributed by atoms with Crippen LogP contribution >= 0.6 is 0 Å². The van der Waals surface area contributed by atoms with Gasteiger partial charge in [-0.3, -0.25) is 10.1 Å². The van der Waals surface area contributed by atoms with Crippen molar-refractivity contribution in [2.24, 2.45) is 5.73 Å². The maximum absolute atomic E-state index is 10.6. The average Bonchev–Trinajstić information content (AvgIpc) is 2.16. The zero-order chi connectivity index (χ0) is 11.4. The minimum atomic E-state index is -0.398. The van der Waals surface area contributed by atoms with Gasteiger partial charge in [-0.05, 0) is 25.5 Å². The fraction of sp³-hybridized carbons (Fsp3) is 0.400. The zero-order valence-corrected chi connectivity index (χ0v) is 8.86. The number of hydrogen-bond donors (Lipinski definition) is 2. The molecule has 0 radical (unpaired) electrons. The first-order valence-electron chi connectivity index (χ1n) is 4.75. The Kier molecular flexibility index (Phi) is 3.62. The molecule has 5 nitrogen and oxygen atoms in total. The van der Waals surface area contributed by atoms with Crippen molar-refractivity contribution >= 4 is 11.4 Å². The van der Waals surface area contributed by atoms with Crippen molar-refractivity contribution in [1.82, 2.24) is 0 Å². The second-order valence-corrected chi connectivity index (χ2v) is 3.60. The first kappa shape index (κ1) is 11.5. The summed E-state index contributed by atoms with van der Waals surface area (Å²) in [6, 6.07) is 5.02. The number of nitro benzene ring substituents is 1. The lowest BCUT2D eigenvalue weighted by Crippen LogP contribution is -2.25. The Bertz CT molecular complexity index is 366. The molecule has 0 saturated heterocycles. The largest absolute Gasteiger partial charge is 0.381 e. The SMILES string of the molecule is Cc1cc(NC(C)CN)cc([N+](=O)[O-])c1. The highest BCUT2D eigenvalue weighted by molar-refractivity contribution is 5.54. The van der Waals surface area contributed by atoms with E-state index in [9.17, 15) is 10.1 Å². The molecule has 1 rings (SSSR count). The van der Waals surface area contributed by atoms with Gasteiger partial charge in [0.1, 0.15) is 0 Å². The maximum Gasteiger partial charge on any atom is 0.271 e. The summed E-state index contributed by atoms with van der Waals surface area (Å²) in [6.07, 6.45) is 0. The maximum atomic E-state index is 10.6. The van der Waals surface area contributed by atoms with Crippen LogP contribution in [0, 0.1) is 17.0 Å². The molecule has 1 atom stereocenters. The van der Waals surface area contributed by atoms with Gasteiger partial charge in [0.05, 0.1) is 4.92 Å². The lowest BCUT2D eigenvalue weighted by molar-refractivity contribution is -0.384. The fourth-order valence-electron chi connectivity index (χ4n) is 1.30. The van der Waals surface area contributed by atoms with Crippen LogP contribution in [0.15, 0.2) is 18.2 Å². The molecule has 0 saturated carbocycles. The topological polar surface area (TPSA) is 81.2 Å². The number of aryl methyl sites for hydroxylation is 1. The fourth-order valence-corrected chi connectivity index (χ4v) is 1.30. The van der Waals surface area contributed by atoms with E-state index in [0.29, 0.717) is 6.54 Å². The van der Waals surface area contributed by atoms with E-state index in [1.807, 2.05) is 19.9 Å². The standard InChI is InChI=1S/C10H15N3O2/c1-7-3-9(12-8(2)6-11)5-10(4-7)13(14)15/h3-5,8,12H,6,11H2,1-2H3. The van der Waals surface area contributed by atoms with Crippen molar-refractivity contribution in [1.29, 1.82) is 0 Å². The average molecular weight is 209 g/mol. The van der Waals surface area contributed by atoms with Crippen molar-refractivity contribution in [3.63, 3.8) is 0 Å². The lowest BCUT2D eigenvalue weighted by Gasteiger charge is -2.13. The molecule has 1 aromatic rings. The van der Waals surface area contributed by atoms with E-state index in [0.717, 1.165) is 11.3 Å². The molecule has 0 bridgehead atoms. The molecule has 0 spiro atoms. The van der Waals surface area contributed by atoms with Crippen LogP contribution in [0.3, 0.4) is 0 Å². The number of nitro groups is 1. The summed E-state index contributed by atoms with van der Waals surface area (Å²) < 4.78 is 0. The van der Waals surface area contributed by atoms with Crippen LogP contribution in [0.2, 0.25) is 0 Å². The van der Waals surface area contributed by atoms with E-state index < -0.39 is 4.92 Å². The van der Waals surface area contributed by atoms with Gasteiger partial charge in [0, 0.05) is 30.4 Å². The number of nitrogens with zero attached hydrogens (tertiary/aromatic N) is 1. The van der Waals surface area contributed by atoms with Crippen molar-refractivity contribution in [2.45, 2.75) is 19.9 Å². The summed E-state index contributed by atoms with van der Waals surface area (Å²) in [5.41, 5.74) is 7.15. The Morgan fingerprint density at radius 3 is 2.73 bits per heavy atom. The van der Waals surface area contributed by atoms with Crippen LogP contribution in [0.1, 0.15) is 12.5 Å². The van der Waals surface area contributed by atoms with Gasteiger partial charge >= 0.3 is 0 Å². The number of anilines is 1. The zero-order valence-electron chi connectivity index (χ0n) is 8.86. The third-order valence-corrected chi connectivity index (χ3v) is 2.04. The molecular formula is C10H15N3O2. The summed E-state index contributed by atoms with van der Waals surface area (Å²) in [7, 11) is 0. The highest BCUT2D eigenvalue weighted by Gasteiger charge is 2.08. The van der Waals surface area contributed by atoms with E-state index in [1.54, 1.807) is 0 Å². The van der Waals surface area contributed by atoms with E-state index >= 15 is 0 Å². The number of hydrogen-bond acceptors (Lipinski definition) is 4. The van der Waals surface area contributed by atoms with E-state index in [2.05, 4.69) is 5.32 Å². The molecular weight excluding hydrogens is 194 g/mol. The molecule has 0 aliphatic rings. The summed E-state index contributed by atoms with van der Waals surface area (Å²) in [4.78, 5) is 10.2. The number of non-ortho nitro benzene ring substituents is 1. The summed E-state index contributed by atoms with van der Waals surface area (Å²) >= 11 is 0. The van der Waals surface area contributed by atoms with Crippen LogP contribution < -0.4 is 11.1 Å². The van der Waals surface area contributed by atoms with E-state index in [-0.39, 0.29) is 11.7 Å². The molecule has 0 aliphatic carbocycles. The summed E-state index contributed by atoms with van der Waals surface area (Å²) in [5.74, 6) is 0. The highest BCUT2D eigenvalue weighted by Crippen LogP contribution is 2.20. The highest BCUT2D eigenvalue weighted by atomic mass is 16.6. The Balaban J connectivity index is 2.93. The normalized spacial score (nSPS) is 12.2. The Labute approximate surface area is 88.4 Å². The monoisotopic (exact) mass is 209 g/mol. The van der Waals surface area contributed by atoms with Gasteiger partial charge in [0.15, 0.2) is 0 Å². The Morgan fingerprint density at radius 2 is 2.20 bits per heavy atom. The van der Waals surface area contributed by atoms with Crippen molar-refractivity contribution < 1.29 is 4.92 Å². The van der Waals surface area contributed by atoms with Crippen LogP contribution in [-0.4, -0.2) is 17.5 Å². The second-order valence-electron chi connectivity index (χ2n) is 3.60. The summed E-state index contributed by atoms with van der Waals surface area (Å²) in [6.45, 7) is 4.24. The predicted molar refractivity (Wildman–Crippen MR) is 60.0 cm³/mol. The summed E-state index contributed by atoms with van der Waals surface area (Å²) in [5, 5.41) is 13.7. The molecule has 0 amide bonds. The molecule has 0 aliphatic heterocycles. The number of nitrogens with two attached hydrogens (primary N) is 1. The third kappa shape index (κ3) is 3.21. The Morgan fingerprint density at radius 1 is 1.53 bits per heavy atom. The van der Waals surface area contributed by atoms with Gasteiger partial charge in [0.2, 0.25) is 0 Å². The van der Waals surface area contributed by atoms with Crippen LogP contribution in [0.25, 0.3) is 0 Å². The minimum absolute atomic E-state index is 0.0988. The van der Waals surface area contributed by atoms with Gasteiger partial charge in [-0.2, -0.15) is 0 Å². The van der Waals surface area contributed by atoms with Gasteiger partial charge in [0.25, 0.3) is 5.69 Å². The van der Waals surface area contributed by atoms with Gasteiger partial charge in [-0.15, -0.1) is 0 Å². The molecule has 1 aromatic carbocycles. The molecule has 0 aromatic heterocycles.